The molecule has 17 heavy (non-hydrogen) atoms. The Morgan fingerprint density at radius 3 is 3.06 bits per heavy atom. The zero-order chi connectivity index (χ0) is 12.1. The third kappa shape index (κ3) is 3.83. The number of hydrogen-bond donors (Lipinski definition) is 1. The summed E-state index contributed by atoms with van der Waals surface area (Å²) in [6.07, 6.45) is 2.42. The Bertz CT molecular complexity index is 349. The number of aryl methyl sites for hydroxylation is 1. The van der Waals surface area contributed by atoms with Crippen LogP contribution in [-0.4, -0.2) is 37.1 Å². The molecule has 2 nitrogen and oxygen atoms in total. The number of rotatable bonds is 4. The third-order valence-electron chi connectivity index (χ3n) is 3.63. The summed E-state index contributed by atoms with van der Waals surface area (Å²) in [5, 5.41) is 3.56. The van der Waals surface area contributed by atoms with E-state index in [0.29, 0.717) is 6.04 Å². The Morgan fingerprint density at radius 1 is 1.41 bits per heavy atom. The predicted molar refractivity (Wildman–Crippen MR) is 73.4 cm³/mol. The van der Waals surface area contributed by atoms with E-state index < -0.39 is 0 Å². The van der Waals surface area contributed by atoms with E-state index in [4.69, 9.17) is 0 Å². The van der Waals surface area contributed by atoms with Crippen molar-refractivity contribution in [2.45, 2.75) is 32.7 Å². The lowest BCUT2D eigenvalue weighted by atomic mass is 10.1. The number of hydrogen-bond acceptors (Lipinski definition) is 2. The van der Waals surface area contributed by atoms with Crippen LogP contribution in [0.5, 0.6) is 0 Å². The molecule has 0 amide bonds. The van der Waals surface area contributed by atoms with Crippen LogP contribution in [0.15, 0.2) is 24.3 Å². The van der Waals surface area contributed by atoms with Gasteiger partial charge in [0.2, 0.25) is 0 Å². The quantitative estimate of drug-likeness (QED) is 0.856. The fourth-order valence-electron chi connectivity index (χ4n) is 2.53. The van der Waals surface area contributed by atoms with Crippen molar-refractivity contribution < 1.29 is 0 Å². The topological polar surface area (TPSA) is 15.3 Å². The van der Waals surface area contributed by atoms with Crippen LogP contribution in [0.3, 0.4) is 0 Å². The van der Waals surface area contributed by atoms with Crippen LogP contribution in [0.25, 0.3) is 0 Å². The molecule has 1 heterocycles. The molecule has 1 unspecified atom stereocenters. The van der Waals surface area contributed by atoms with Crippen molar-refractivity contribution in [3.8, 4) is 0 Å². The zero-order valence-corrected chi connectivity index (χ0v) is 11.1. The van der Waals surface area contributed by atoms with Gasteiger partial charge in [0.25, 0.3) is 0 Å². The maximum absolute atomic E-state index is 3.56. The van der Waals surface area contributed by atoms with Crippen LogP contribution < -0.4 is 5.32 Å². The number of nitrogens with zero attached hydrogens (tertiary/aromatic N) is 1. The molecule has 0 bridgehead atoms. The van der Waals surface area contributed by atoms with Crippen LogP contribution in [0.1, 0.15) is 24.5 Å². The highest BCUT2D eigenvalue weighted by Gasteiger charge is 2.16. The summed E-state index contributed by atoms with van der Waals surface area (Å²) in [5.41, 5.74) is 2.84. The van der Waals surface area contributed by atoms with Gasteiger partial charge in [-0.1, -0.05) is 36.8 Å². The first kappa shape index (κ1) is 12.6. The van der Waals surface area contributed by atoms with Crippen molar-refractivity contribution in [1.29, 1.82) is 0 Å². The average Bonchev–Trinajstić information content (AvgIpc) is 2.37. The summed E-state index contributed by atoms with van der Waals surface area (Å²) in [6.45, 7) is 9.18. The van der Waals surface area contributed by atoms with E-state index in [9.17, 15) is 0 Å². The van der Waals surface area contributed by atoms with Crippen molar-refractivity contribution in [2.75, 3.05) is 26.2 Å². The molecule has 1 fully saturated rings. The summed E-state index contributed by atoms with van der Waals surface area (Å²) in [6, 6.07) is 9.58. The molecule has 2 rings (SSSR count). The SMILES string of the molecule is CCC1CN(CCc2cccc(C)c2)CCN1. The Kier molecular flexibility index (Phi) is 4.57. The fraction of sp³-hybridized carbons (Fsp3) is 0.600. The van der Waals surface area contributed by atoms with Crippen molar-refractivity contribution in [3.05, 3.63) is 35.4 Å². The van der Waals surface area contributed by atoms with Gasteiger partial charge in [0.15, 0.2) is 0 Å². The molecular formula is C15H24N2. The Hall–Kier alpha value is -0.860. The second kappa shape index (κ2) is 6.18. The van der Waals surface area contributed by atoms with Crippen LogP contribution in [0.2, 0.25) is 0 Å². The molecule has 1 saturated heterocycles. The minimum Gasteiger partial charge on any atom is -0.311 e. The molecule has 1 aliphatic rings. The Labute approximate surface area is 105 Å². The second-order valence-electron chi connectivity index (χ2n) is 5.10. The van der Waals surface area contributed by atoms with E-state index >= 15 is 0 Å². The Balaban J connectivity index is 1.81. The van der Waals surface area contributed by atoms with Gasteiger partial charge in [0, 0.05) is 32.2 Å². The molecule has 1 atom stereocenters. The van der Waals surface area contributed by atoms with Gasteiger partial charge in [-0.15, -0.1) is 0 Å². The summed E-state index contributed by atoms with van der Waals surface area (Å²) in [7, 11) is 0. The monoisotopic (exact) mass is 232 g/mol. The molecule has 1 aliphatic heterocycles. The lowest BCUT2D eigenvalue weighted by molar-refractivity contribution is 0.199. The normalized spacial score (nSPS) is 21.6. The second-order valence-corrected chi connectivity index (χ2v) is 5.10. The maximum Gasteiger partial charge on any atom is 0.0192 e. The smallest absolute Gasteiger partial charge is 0.0192 e. The fourth-order valence-corrected chi connectivity index (χ4v) is 2.53. The van der Waals surface area contributed by atoms with E-state index in [0.717, 1.165) is 6.54 Å². The maximum atomic E-state index is 3.56. The van der Waals surface area contributed by atoms with Crippen molar-refractivity contribution in [2.24, 2.45) is 0 Å². The highest BCUT2D eigenvalue weighted by molar-refractivity contribution is 5.22. The van der Waals surface area contributed by atoms with Crippen molar-refractivity contribution in [1.82, 2.24) is 10.2 Å². The first-order chi connectivity index (χ1) is 8.28. The molecule has 94 valence electrons. The highest BCUT2D eigenvalue weighted by atomic mass is 15.2. The van der Waals surface area contributed by atoms with Crippen molar-refractivity contribution in [3.63, 3.8) is 0 Å². The molecule has 0 radical (unpaired) electrons. The van der Waals surface area contributed by atoms with E-state index in [1.807, 2.05) is 0 Å². The number of piperazine rings is 1. The molecule has 1 aromatic rings. The molecule has 0 aromatic heterocycles. The van der Waals surface area contributed by atoms with E-state index in [1.54, 1.807) is 0 Å². The first-order valence-corrected chi connectivity index (χ1v) is 6.79. The van der Waals surface area contributed by atoms with E-state index in [1.165, 1.54) is 43.6 Å². The summed E-state index contributed by atoms with van der Waals surface area (Å²) in [4.78, 5) is 2.59. The van der Waals surface area contributed by atoms with Crippen molar-refractivity contribution >= 4 is 0 Å². The highest BCUT2D eigenvalue weighted by Crippen LogP contribution is 2.07. The lowest BCUT2D eigenvalue weighted by Gasteiger charge is -2.33. The van der Waals surface area contributed by atoms with Gasteiger partial charge in [-0.3, -0.25) is 0 Å². The molecular weight excluding hydrogens is 208 g/mol. The summed E-state index contributed by atoms with van der Waals surface area (Å²) >= 11 is 0. The minimum absolute atomic E-state index is 0.696. The van der Waals surface area contributed by atoms with Gasteiger partial charge in [0.1, 0.15) is 0 Å². The number of benzene rings is 1. The van der Waals surface area contributed by atoms with Gasteiger partial charge in [-0.2, -0.15) is 0 Å². The summed E-state index contributed by atoms with van der Waals surface area (Å²) in [5.74, 6) is 0. The molecule has 0 aliphatic carbocycles. The van der Waals surface area contributed by atoms with Crippen LogP contribution in [-0.2, 0) is 6.42 Å². The molecule has 2 heteroatoms. The average molecular weight is 232 g/mol. The largest absolute Gasteiger partial charge is 0.311 e. The van der Waals surface area contributed by atoms with Gasteiger partial charge < -0.3 is 10.2 Å². The van der Waals surface area contributed by atoms with Crippen LogP contribution in [0, 0.1) is 6.92 Å². The van der Waals surface area contributed by atoms with Gasteiger partial charge >= 0.3 is 0 Å². The standard InChI is InChI=1S/C15H24N2/c1-3-15-12-17(10-8-16-15)9-7-14-6-4-5-13(2)11-14/h4-6,11,15-16H,3,7-10,12H2,1-2H3. The number of nitrogens with one attached hydrogen (secondary N) is 1. The third-order valence-corrected chi connectivity index (χ3v) is 3.63. The first-order valence-electron chi connectivity index (χ1n) is 6.79. The minimum atomic E-state index is 0.696. The van der Waals surface area contributed by atoms with Gasteiger partial charge in [0.05, 0.1) is 0 Å². The predicted octanol–water partition coefficient (Wildman–Crippen LogP) is 2.22. The zero-order valence-electron chi connectivity index (χ0n) is 11.1. The summed E-state index contributed by atoms with van der Waals surface area (Å²) < 4.78 is 0. The van der Waals surface area contributed by atoms with Gasteiger partial charge in [-0.25, -0.2) is 0 Å². The van der Waals surface area contributed by atoms with Crippen LogP contribution in [0.4, 0.5) is 0 Å². The van der Waals surface area contributed by atoms with Crippen LogP contribution >= 0.6 is 0 Å². The van der Waals surface area contributed by atoms with E-state index in [-0.39, 0.29) is 0 Å². The molecule has 0 saturated carbocycles. The van der Waals surface area contributed by atoms with E-state index in [2.05, 4.69) is 48.3 Å². The lowest BCUT2D eigenvalue weighted by Crippen LogP contribution is -2.50. The molecule has 1 aromatic carbocycles. The Morgan fingerprint density at radius 2 is 2.29 bits per heavy atom. The molecule has 1 N–H and O–H groups in total. The van der Waals surface area contributed by atoms with Gasteiger partial charge in [-0.05, 0) is 25.3 Å². The molecule has 0 spiro atoms.